The van der Waals surface area contributed by atoms with Crippen LogP contribution in [0.25, 0.3) is 0 Å². The molecule has 0 saturated carbocycles. The molecule has 2 rings (SSSR count). The Kier molecular flexibility index (Phi) is 6.11. The first-order chi connectivity index (χ1) is 9.25. The molecule has 2 fully saturated rings. The van der Waals surface area contributed by atoms with E-state index in [1.54, 1.807) is 0 Å². The van der Waals surface area contributed by atoms with Gasteiger partial charge >= 0.3 is 0 Å². The van der Waals surface area contributed by atoms with Crippen molar-refractivity contribution in [2.75, 3.05) is 26.7 Å². The number of ether oxygens (including phenoxy) is 1. The topological polar surface area (TPSA) is 41.6 Å². The smallest absolute Gasteiger partial charge is 0.222 e. The van der Waals surface area contributed by atoms with Crippen LogP contribution in [0.15, 0.2) is 0 Å². The van der Waals surface area contributed by atoms with Crippen LogP contribution < -0.4 is 5.32 Å². The van der Waals surface area contributed by atoms with Crippen molar-refractivity contribution in [3.63, 3.8) is 0 Å². The van der Waals surface area contributed by atoms with Gasteiger partial charge in [0.25, 0.3) is 0 Å². The van der Waals surface area contributed by atoms with Crippen LogP contribution >= 0.6 is 0 Å². The molecule has 0 aromatic heterocycles. The van der Waals surface area contributed by atoms with E-state index in [2.05, 4.69) is 5.32 Å². The van der Waals surface area contributed by atoms with Gasteiger partial charge in [0.15, 0.2) is 0 Å². The molecule has 4 nitrogen and oxygen atoms in total. The molecule has 0 aliphatic carbocycles. The summed E-state index contributed by atoms with van der Waals surface area (Å²) in [6.45, 7) is 2.89. The molecular formula is C15H28N2O2. The van der Waals surface area contributed by atoms with Crippen LogP contribution in [-0.4, -0.2) is 49.7 Å². The van der Waals surface area contributed by atoms with Gasteiger partial charge < -0.3 is 15.0 Å². The van der Waals surface area contributed by atoms with E-state index in [4.69, 9.17) is 4.74 Å². The molecule has 0 bridgehead atoms. The summed E-state index contributed by atoms with van der Waals surface area (Å²) >= 11 is 0. The van der Waals surface area contributed by atoms with E-state index in [-0.39, 0.29) is 5.91 Å². The maximum atomic E-state index is 12.0. The van der Waals surface area contributed by atoms with Crippen molar-refractivity contribution in [2.45, 2.75) is 63.5 Å². The molecule has 2 saturated heterocycles. The van der Waals surface area contributed by atoms with Gasteiger partial charge in [-0.3, -0.25) is 4.79 Å². The Morgan fingerprint density at radius 3 is 2.84 bits per heavy atom. The first-order valence-corrected chi connectivity index (χ1v) is 7.84. The second-order valence-electron chi connectivity index (χ2n) is 5.92. The molecule has 110 valence electrons. The number of rotatable bonds is 6. The van der Waals surface area contributed by atoms with Gasteiger partial charge in [0.1, 0.15) is 0 Å². The molecule has 1 N–H and O–H groups in total. The Morgan fingerprint density at radius 1 is 1.26 bits per heavy atom. The fraction of sp³-hybridized carbons (Fsp3) is 0.933. The fourth-order valence-electron chi connectivity index (χ4n) is 2.99. The molecule has 2 aliphatic heterocycles. The molecule has 1 amide bonds. The zero-order valence-corrected chi connectivity index (χ0v) is 12.2. The van der Waals surface area contributed by atoms with Crippen LogP contribution in [0.1, 0.15) is 51.4 Å². The van der Waals surface area contributed by atoms with Crippen molar-refractivity contribution in [2.24, 2.45) is 0 Å². The summed E-state index contributed by atoms with van der Waals surface area (Å²) in [6, 6.07) is 0.613. The van der Waals surface area contributed by atoms with E-state index in [9.17, 15) is 4.79 Å². The Hall–Kier alpha value is -0.610. The summed E-state index contributed by atoms with van der Waals surface area (Å²) in [4.78, 5) is 13.9. The molecule has 0 spiro atoms. The zero-order valence-electron chi connectivity index (χ0n) is 12.2. The third-order valence-electron chi connectivity index (χ3n) is 4.36. The number of hydrogen-bond acceptors (Lipinski definition) is 3. The Morgan fingerprint density at radius 2 is 2.16 bits per heavy atom. The summed E-state index contributed by atoms with van der Waals surface area (Å²) in [7, 11) is 1.93. The number of hydrogen-bond donors (Lipinski definition) is 1. The van der Waals surface area contributed by atoms with Crippen LogP contribution in [-0.2, 0) is 9.53 Å². The molecule has 2 atom stereocenters. The number of nitrogens with one attached hydrogen (secondary N) is 1. The number of amides is 1. The number of carbonyl (C=O) groups is 1. The molecule has 0 aromatic carbocycles. The summed E-state index contributed by atoms with van der Waals surface area (Å²) in [5.41, 5.74) is 0. The minimum absolute atomic E-state index is 0.270. The molecule has 2 heterocycles. The Labute approximate surface area is 116 Å². The monoisotopic (exact) mass is 268 g/mol. The van der Waals surface area contributed by atoms with Crippen LogP contribution in [0.5, 0.6) is 0 Å². The minimum Gasteiger partial charge on any atom is -0.378 e. The highest BCUT2D eigenvalue weighted by Crippen LogP contribution is 2.17. The van der Waals surface area contributed by atoms with Gasteiger partial charge in [-0.2, -0.15) is 0 Å². The van der Waals surface area contributed by atoms with Crippen LogP contribution in [0.2, 0.25) is 0 Å². The molecule has 0 aromatic rings. The quantitative estimate of drug-likeness (QED) is 0.800. The van der Waals surface area contributed by atoms with Crippen molar-refractivity contribution in [1.29, 1.82) is 0 Å². The van der Waals surface area contributed by atoms with Gasteiger partial charge in [-0.05, 0) is 45.1 Å². The highest BCUT2D eigenvalue weighted by atomic mass is 16.5. The first-order valence-electron chi connectivity index (χ1n) is 7.84. The van der Waals surface area contributed by atoms with Crippen LogP contribution in [0.3, 0.4) is 0 Å². The van der Waals surface area contributed by atoms with E-state index in [0.717, 1.165) is 45.4 Å². The van der Waals surface area contributed by atoms with Gasteiger partial charge in [0.2, 0.25) is 5.91 Å². The fourth-order valence-corrected chi connectivity index (χ4v) is 2.99. The lowest BCUT2D eigenvalue weighted by Gasteiger charge is -2.26. The lowest BCUT2D eigenvalue weighted by Crippen LogP contribution is -2.38. The average molecular weight is 268 g/mol. The number of carbonyl (C=O) groups excluding carboxylic acids is 1. The van der Waals surface area contributed by atoms with Crippen molar-refractivity contribution < 1.29 is 9.53 Å². The van der Waals surface area contributed by atoms with E-state index in [1.165, 1.54) is 19.3 Å². The van der Waals surface area contributed by atoms with Crippen molar-refractivity contribution >= 4 is 5.91 Å². The normalized spacial score (nSPS) is 27.4. The highest BCUT2D eigenvalue weighted by molar-refractivity contribution is 5.75. The maximum Gasteiger partial charge on any atom is 0.222 e. The van der Waals surface area contributed by atoms with Gasteiger partial charge in [0.05, 0.1) is 6.10 Å². The van der Waals surface area contributed by atoms with E-state index in [1.807, 2.05) is 11.9 Å². The summed E-state index contributed by atoms with van der Waals surface area (Å²) < 4.78 is 5.56. The van der Waals surface area contributed by atoms with Gasteiger partial charge in [-0.1, -0.05) is 6.42 Å². The predicted molar refractivity (Wildman–Crippen MR) is 76.1 cm³/mol. The van der Waals surface area contributed by atoms with Crippen molar-refractivity contribution in [1.82, 2.24) is 10.2 Å². The van der Waals surface area contributed by atoms with Gasteiger partial charge in [-0.15, -0.1) is 0 Å². The standard InChI is InChI=1S/C15H28N2O2/c1-17(11-9-13-5-2-3-10-16-13)15(18)8-7-14-6-4-12-19-14/h13-14,16H,2-12H2,1H3. The van der Waals surface area contributed by atoms with Gasteiger partial charge in [0, 0.05) is 32.7 Å². The number of nitrogens with zero attached hydrogens (tertiary/aromatic N) is 1. The average Bonchev–Trinajstić information content (AvgIpc) is 2.96. The Bertz CT molecular complexity index is 271. The number of piperidine rings is 1. The summed E-state index contributed by atoms with van der Waals surface area (Å²) in [5, 5.41) is 3.53. The molecule has 2 aliphatic rings. The van der Waals surface area contributed by atoms with Crippen LogP contribution in [0, 0.1) is 0 Å². The lowest BCUT2D eigenvalue weighted by molar-refractivity contribution is -0.130. The minimum atomic E-state index is 0.270. The molecule has 19 heavy (non-hydrogen) atoms. The molecular weight excluding hydrogens is 240 g/mol. The second-order valence-corrected chi connectivity index (χ2v) is 5.92. The third-order valence-corrected chi connectivity index (χ3v) is 4.36. The SMILES string of the molecule is CN(CCC1CCCCN1)C(=O)CCC1CCCO1. The Balaban J connectivity index is 1.58. The van der Waals surface area contributed by atoms with E-state index in [0.29, 0.717) is 18.6 Å². The second kappa shape index (κ2) is 7.85. The first kappa shape index (κ1) is 14.8. The zero-order chi connectivity index (χ0) is 13.5. The largest absolute Gasteiger partial charge is 0.378 e. The highest BCUT2D eigenvalue weighted by Gasteiger charge is 2.19. The van der Waals surface area contributed by atoms with E-state index < -0.39 is 0 Å². The maximum absolute atomic E-state index is 12.0. The molecule has 2 unspecified atom stereocenters. The third kappa shape index (κ3) is 5.11. The molecule has 0 radical (unpaired) electrons. The summed E-state index contributed by atoms with van der Waals surface area (Å²) in [6.07, 6.45) is 9.12. The summed E-state index contributed by atoms with van der Waals surface area (Å²) in [5.74, 6) is 0.270. The molecule has 4 heteroatoms. The lowest BCUT2D eigenvalue weighted by atomic mass is 10.0. The predicted octanol–water partition coefficient (Wildman–Crippen LogP) is 1.94. The van der Waals surface area contributed by atoms with E-state index >= 15 is 0 Å². The van der Waals surface area contributed by atoms with Gasteiger partial charge in [-0.25, -0.2) is 0 Å². The van der Waals surface area contributed by atoms with Crippen molar-refractivity contribution in [3.05, 3.63) is 0 Å². The van der Waals surface area contributed by atoms with Crippen molar-refractivity contribution in [3.8, 4) is 0 Å². The van der Waals surface area contributed by atoms with Crippen LogP contribution in [0.4, 0.5) is 0 Å².